The Labute approximate surface area is 189 Å². The molecule has 1 aromatic heterocycles. The molecule has 2 N–H and O–H groups in total. The zero-order chi connectivity index (χ0) is 23.6. The number of hydrogen-bond donors (Lipinski definition) is 2. The van der Waals surface area contributed by atoms with E-state index in [1.54, 1.807) is 16.7 Å². The Bertz CT molecular complexity index is 1020. The third kappa shape index (κ3) is 7.45. The Morgan fingerprint density at radius 2 is 1.59 bits per heavy atom. The van der Waals surface area contributed by atoms with Crippen LogP contribution in [-0.4, -0.2) is 26.2 Å². The van der Waals surface area contributed by atoms with E-state index in [9.17, 15) is 9.59 Å². The van der Waals surface area contributed by atoms with Gasteiger partial charge >= 0.3 is 11.7 Å². The van der Waals surface area contributed by atoms with E-state index >= 15 is 0 Å². The van der Waals surface area contributed by atoms with Gasteiger partial charge in [0.25, 0.3) is 0 Å². The third-order valence-corrected chi connectivity index (χ3v) is 5.05. The summed E-state index contributed by atoms with van der Waals surface area (Å²) >= 11 is 0. The normalized spacial score (nSPS) is 10.9. The maximum absolute atomic E-state index is 12.1. The Hall–Kier alpha value is -3.28. The molecule has 0 aliphatic carbocycles. The summed E-state index contributed by atoms with van der Waals surface area (Å²) in [7, 11) is 0. The molecule has 0 saturated heterocycles. The lowest BCUT2D eigenvalue weighted by Crippen LogP contribution is -2.37. The monoisotopic (exact) mass is 438 g/mol. The van der Waals surface area contributed by atoms with E-state index in [2.05, 4.69) is 17.1 Å². The molecule has 1 heterocycles. The van der Waals surface area contributed by atoms with Gasteiger partial charge in [-0.25, -0.2) is 9.59 Å². The van der Waals surface area contributed by atoms with Gasteiger partial charge in [-0.05, 0) is 62.8 Å². The van der Waals surface area contributed by atoms with E-state index in [1.165, 1.54) is 19.4 Å². The number of nitrogens with zero attached hydrogens (tertiary/aromatic N) is 1. The summed E-state index contributed by atoms with van der Waals surface area (Å²) in [6.45, 7) is 7.71. The van der Waals surface area contributed by atoms with E-state index in [0.29, 0.717) is 12.3 Å². The molecule has 0 atom stereocenters. The maximum atomic E-state index is 12.1. The lowest BCUT2D eigenvalue weighted by molar-refractivity contribution is -0.152. The fourth-order valence-corrected chi connectivity index (χ4v) is 3.22. The number of hydrogen-bond acceptors (Lipinski definition) is 3. The van der Waals surface area contributed by atoms with Gasteiger partial charge in [-0.2, -0.15) is 0 Å². The largest absolute Gasteiger partial charge is 0.478 e. The highest BCUT2D eigenvalue weighted by Crippen LogP contribution is 2.20. The van der Waals surface area contributed by atoms with Gasteiger partial charge in [0.2, 0.25) is 0 Å². The van der Waals surface area contributed by atoms with Crippen LogP contribution in [0.5, 0.6) is 5.75 Å². The third-order valence-electron chi connectivity index (χ3n) is 5.05. The summed E-state index contributed by atoms with van der Waals surface area (Å²) in [5.74, 6) is -0.470. The first kappa shape index (κ1) is 25.0. The number of aromatic nitrogens is 2. The van der Waals surface area contributed by atoms with Crippen LogP contribution >= 0.6 is 0 Å². The Kier molecular flexibility index (Phi) is 9.32. The predicted molar refractivity (Wildman–Crippen MR) is 127 cm³/mol. The Morgan fingerprint density at radius 1 is 0.969 bits per heavy atom. The van der Waals surface area contributed by atoms with Crippen molar-refractivity contribution >= 4 is 5.97 Å². The molecule has 0 aliphatic heterocycles. The molecule has 2 aromatic carbocycles. The van der Waals surface area contributed by atoms with E-state index < -0.39 is 11.6 Å². The van der Waals surface area contributed by atoms with Crippen molar-refractivity contribution in [1.82, 2.24) is 9.55 Å². The second kappa shape index (κ2) is 11.9. The number of carbonyl (C=O) groups is 1. The molecular formula is C26H34N2O4. The summed E-state index contributed by atoms with van der Waals surface area (Å²) in [5, 5.41) is 9.14. The second-order valence-corrected chi connectivity index (χ2v) is 7.93. The quantitative estimate of drug-likeness (QED) is 0.473. The van der Waals surface area contributed by atoms with Crippen LogP contribution in [0.25, 0.3) is 0 Å². The van der Waals surface area contributed by atoms with E-state index in [-0.39, 0.29) is 5.69 Å². The maximum Gasteiger partial charge on any atom is 0.347 e. The summed E-state index contributed by atoms with van der Waals surface area (Å²) in [6.07, 6.45) is 5.29. The number of aromatic amines is 1. The van der Waals surface area contributed by atoms with E-state index in [4.69, 9.17) is 9.84 Å². The minimum atomic E-state index is -1.26. The van der Waals surface area contributed by atoms with Gasteiger partial charge in [0, 0.05) is 18.4 Å². The van der Waals surface area contributed by atoms with Crippen molar-refractivity contribution in [3.8, 4) is 5.75 Å². The summed E-state index contributed by atoms with van der Waals surface area (Å²) < 4.78 is 7.26. The molecule has 3 aromatic rings. The van der Waals surface area contributed by atoms with Gasteiger partial charge in [-0.1, -0.05) is 56.3 Å². The van der Waals surface area contributed by atoms with Crippen molar-refractivity contribution in [2.45, 2.75) is 65.5 Å². The first-order chi connectivity index (χ1) is 15.3. The van der Waals surface area contributed by atoms with Crippen LogP contribution < -0.4 is 10.4 Å². The summed E-state index contributed by atoms with van der Waals surface area (Å²) in [4.78, 5) is 26.2. The Morgan fingerprint density at radius 3 is 2.22 bits per heavy atom. The first-order valence-electron chi connectivity index (χ1n) is 11.2. The summed E-state index contributed by atoms with van der Waals surface area (Å²) in [5.41, 5.74) is 1.97. The van der Waals surface area contributed by atoms with Gasteiger partial charge in [0.15, 0.2) is 5.60 Å². The van der Waals surface area contributed by atoms with Crippen molar-refractivity contribution in [3.05, 3.63) is 88.1 Å². The highest BCUT2D eigenvalue weighted by molar-refractivity contribution is 5.76. The zero-order valence-corrected chi connectivity index (χ0v) is 19.4. The fourth-order valence-electron chi connectivity index (χ4n) is 3.22. The number of H-pyrrole nitrogens is 1. The number of benzene rings is 2. The van der Waals surface area contributed by atoms with Crippen LogP contribution in [0.3, 0.4) is 0 Å². The van der Waals surface area contributed by atoms with Gasteiger partial charge in [0.05, 0.1) is 0 Å². The second-order valence-electron chi connectivity index (χ2n) is 7.93. The van der Waals surface area contributed by atoms with Crippen LogP contribution in [0.15, 0.2) is 65.6 Å². The van der Waals surface area contributed by atoms with E-state index in [0.717, 1.165) is 36.9 Å². The number of nitrogens with one attached hydrogen (secondary N) is 1. The molecule has 32 heavy (non-hydrogen) atoms. The predicted octanol–water partition coefficient (Wildman–Crippen LogP) is 4.86. The van der Waals surface area contributed by atoms with Crippen molar-refractivity contribution < 1.29 is 14.6 Å². The molecule has 0 spiro atoms. The molecule has 6 heteroatoms. The first-order valence-corrected chi connectivity index (χ1v) is 11.2. The number of carboxylic acids is 1. The van der Waals surface area contributed by atoms with Crippen molar-refractivity contribution in [2.24, 2.45) is 0 Å². The molecule has 172 valence electrons. The van der Waals surface area contributed by atoms with Crippen LogP contribution in [0.2, 0.25) is 0 Å². The number of rotatable bonds is 10. The average molecular weight is 439 g/mol. The number of carboxylic acid groups (broad SMARTS) is 1. The molecule has 0 bridgehead atoms. The van der Waals surface area contributed by atoms with Gasteiger partial charge in [-0.3, -0.25) is 4.57 Å². The van der Waals surface area contributed by atoms with Crippen LogP contribution in [0.1, 0.15) is 50.9 Å². The molecular weight excluding hydrogens is 404 g/mol. The molecule has 0 fully saturated rings. The average Bonchev–Trinajstić information content (AvgIpc) is 3.14. The number of ether oxygens (including phenoxy) is 1. The minimum Gasteiger partial charge on any atom is -0.478 e. The molecule has 0 unspecified atom stereocenters. The van der Waals surface area contributed by atoms with Crippen LogP contribution in [0.4, 0.5) is 0 Å². The van der Waals surface area contributed by atoms with Crippen molar-refractivity contribution in [1.29, 1.82) is 0 Å². The molecule has 6 nitrogen and oxygen atoms in total. The fraction of sp³-hybridized carbons (Fsp3) is 0.385. The van der Waals surface area contributed by atoms with Crippen LogP contribution in [0, 0.1) is 0 Å². The standard InChI is InChI=1S/C24H28N2O4.C2H6/c1-24(2,22(27)28)30-21-13-11-19(12-14-21)9-6-10-20-17-26(23(29)25-20)16-15-18-7-4-3-5-8-18;1-2/h3-5,7-8,11-14,17H,6,9-10,15-16H2,1-2H3,(H,25,29)(H,27,28);1-2H3. The SMILES string of the molecule is CC.CC(C)(Oc1ccc(CCCc2cn(CCc3ccccc3)c(=O)[nH]2)cc1)C(=O)O. The Balaban J connectivity index is 0.00000176. The number of aliphatic carboxylic acids is 1. The summed E-state index contributed by atoms with van der Waals surface area (Å²) in [6, 6.07) is 17.6. The smallest absolute Gasteiger partial charge is 0.347 e. The van der Waals surface area contributed by atoms with Crippen LogP contribution in [-0.2, 0) is 30.6 Å². The minimum absolute atomic E-state index is 0.0662. The lowest BCUT2D eigenvalue weighted by atomic mass is 10.1. The van der Waals surface area contributed by atoms with Crippen molar-refractivity contribution in [3.63, 3.8) is 0 Å². The molecule has 0 radical (unpaired) electrons. The zero-order valence-electron chi connectivity index (χ0n) is 19.4. The van der Waals surface area contributed by atoms with Crippen molar-refractivity contribution in [2.75, 3.05) is 0 Å². The number of imidazole rings is 1. The molecule has 0 saturated carbocycles. The molecule has 0 aliphatic rings. The lowest BCUT2D eigenvalue weighted by Gasteiger charge is -2.21. The molecule has 3 rings (SSSR count). The topological polar surface area (TPSA) is 84.3 Å². The highest BCUT2D eigenvalue weighted by Gasteiger charge is 2.29. The van der Waals surface area contributed by atoms with Gasteiger partial charge < -0.3 is 14.8 Å². The van der Waals surface area contributed by atoms with Gasteiger partial charge in [0.1, 0.15) is 5.75 Å². The molecule has 0 amide bonds. The highest BCUT2D eigenvalue weighted by atomic mass is 16.5. The van der Waals surface area contributed by atoms with E-state index in [1.807, 2.05) is 50.4 Å². The number of aryl methyl sites for hydroxylation is 4. The van der Waals surface area contributed by atoms with Gasteiger partial charge in [-0.15, -0.1) is 0 Å².